The molecule has 4 rings (SSSR count). The van der Waals surface area contributed by atoms with Gasteiger partial charge >= 0.3 is 0 Å². The monoisotopic (exact) mass is 335 g/mol. The Morgan fingerprint density at radius 3 is 2.88 bits per heavy atom. The fraction of sp³-hybridized carbons (Fsp3) is 0.300. The van der Waals surface area contributed by atoms with Crippen LogP contribution in [0.5, 0.6) is 0 Å². The molecule has 1 fully saturated rings. The van der Waals surface area contributed by atoms with Crippen LogP contribution in [0.2, 0.25) is 0 Å². The van der Waals surface area contributed by atoms with E-state index in [4.69, 9.17) is 4.42 Å². The number of benzene rings is 1. The minimum Gasteiger partial charge on any atom is -0.459 e. The van der Waals surface area contributed by atoms with Gasteiger partial charge in [0.25, 0.3) is 5.91 Å². The van der Waals surface area contributed by atoms with E-state index in [9.17, 15) is 4.79 Å². The summed E-state index contributed by atoms with van der Waals surface area (Å²) in [5.41, 5.74) is 4.63. The molecule has 0 radical (unpaired) electrons. The molecule has 1 N–H and O–H groups in total. The summed E-state index contributed by atoms with van der Waals surface area (Å²) in [7, 11) is 0. The quantitative estimate of drug-likeness (QED) is 0.787. The summed E-state index contributed by atoms with van der Waals surface area (Å²) in [5, 5.41) is 7.44. The number of rotatable bonds is 3. The molecule has 1 atom stereocenters. The van der Waals surface area contributed by atoms with Crippen molar-refractivity contribution in [2.24, 2.45) is 0 Å². The van der Waals surface area contributed by atoms with Crippen LogP contribution in [0.3, 0.4) is 0 Å². The van der Waals surface area contributed by atoms with Gasteiger partial charge in [-0.1, -0.05) is 29.8 Å². The molecule has 0 aliphatic carbocycles. The van der Waals surface area contributed by atoms with Gasteiger partial charge in [0.2, 0.25) is 0 Å². The molecule has 0 unspecified atom stereocenters. The largest absolute Gasteiger partial charge is 0.459 e. The van der Waals surface area contributed by atoms with Crippen LogP contribution in [0.15, 0.2) is 53.3 Å². The van der Waals surface area contributed by atoms with Crippen LogP contribution in [0.4, 0.5) is 0 Å². The summed E-state index contributed by atoms with van der Waals surface area (Å²) in [5.74, 6) is 0.626. The van der Waals surface area contributed by atoms with Crippen molar-refractivity contribution in [3.05, 3.63) is 65.9 Å². The lowest BCUT2D eigenvalue weighted by atomic mass is 9.90. The van der Waals surface area contributed by atoms with Gasteiger partial charge in [0, 0.05) is 30.3 Å². The summed E-state index contributed by atoms with van der Waals surface area (Å²) in [6, 6.07) is 11.9. The number of aromatic nitrogens is 2. The summed E-state index contributed by atoms with van der Waals surface area (Å²) < 4.78 is 5.27. The smallest absolute Gasteiger partial charge is 0.289 e. The number of hydrogen-bond acceptors (Lipinski definition) is 3. The Bertz CT molecular complexity index is 849. The predicted molar refractivity (Wildman–Crippen MR) is 95.3 cm³/mol. The molecule has 1 amide bonds. The number of piperidine rings is 1. The number of carbonyl (C=O) groups excluding carboxylic acids is 1. The molecule has 2 aromatic heterocycles. The van der Waals surface area contributed by atoms with Crippen LogP contribution in [-0.4, -0.2) is 34.1 Å². The molecule has 1 aliphatic heterocycles. The third-order valence-corrected chi connectivity index (χ3v) is 4.88. The zero-order valence-electron chi connectivity index (χ0n) is 14.2. The standard InChI is InChI=1S/C20H21N3O2/c1-14-6-8-15(9-7-14)17-12-21-22-19(17)16-4-2-10-23(13-16)20(24)18-5-3-11-25-18/h3,5-9,11-12,16H,2,4,10,13H2,1H3,(H,21,22)/t16-/m1/s1. The second kappa shape index (κ2) is 6.59. The number of aryl methyl sites for hydroxylation is 1. The normalized spacial score (nSPS) is 17.6. The number of furan rings is 1. The molecule has 1 aromatic carbocycles. The average molecular weight is 335 g/mol. The Hall–Kier alpha value is -2.82. The van der Waals surface area contributed by atoms with Gasteiger partial charge in [-0.3, -0.25) is 9.89 Å². The van der Waals surface area contributed by atoms with Crippen LogP contribution in [0.1, 0.15) is 40.6 Å². The molecule has 3 aromatic rings. The van der Waals surface area contributed by atoms with Crippen molar-refractivity contribution >= 4 is 5.91 Å². The third-order valence-electron chi connectivity index (χ3n) is 4.88. The van der Waals surface area contributed by atoms with Crippen LogP contribution in [0, 0.1) is 6.92 Å². The van der Waals surface area contributed by atoms with E-state index in [1.165, 1.54) is 5.56 Å². The van der Waals surface area contributed by atoms with E-state index in [1.807, 2.05) is 11.1 Å². The zero-order chi connectivity index (χ0) is 17.2. The number of amides is 1. The van der Waals surface area contributed by atoms with Crippen LogP contribution < -0.4 is 0 Å². The molecule has 0 saturated carbocycles. The predicted octanol–water partition coefficient (Wildman–Crippen LogP) is 4.00. The van der Waals surface area contributed by atoms with Gasteiger partial charge in [-0.05, 0) is 37.5 Å². The van der Waals surface area contributed by atoms with Gasteiger partial charge in [0.05, 0.1) is 12.5 Å². The molecule has 0 spiro atoms. The van der Waals surface area contributed by atoms with Gasteiger partial charge in [0.15, 0.2) is 5.76 Å². The van der Waals surface area contributed by atoms with Crippen molar-refractivity contribution in [1.29, 1.82) is 0 Å². The molecule has 1 saturated heterocycles. The number of likely N-dealkylation sites (tertiary alicyclic amines) is 1. The van der Waals surface area contributed by atoms with Gasteiger partial charge in [-0.15, -0.1) is 0 Å². The number of nitrogens with one attached hydrogen (secondary N) is 1. The van der Waals surface area contributed by atoms with Crippen LogP contribution in [-0.2, 0) is 0 Å². The Morgan fingerprint density at radius 2 is 2.12 bits per heavy atom. The summed E-state index contributed by atoms with van der Waals surface area (Å²) >= 11 is 0. The Labute approximate surface area is 146 Å². The Kier molecular flexibility index (Phi) is 4.14. The number of hydrogen-bond donors (Lipinski definition) is 1. The maximum Gasteiger partial charge on any atom is 0.289 e. The lowest BCUT2D eigenvalue weighted by molar-refractivity contribution is 0.0674. The molecule has 128 valence electrons. The lowest BCUT2D eigenvalue weighted by Crippen LogP contribution is -2.39. The first-order valence-electron chi connectivity index (χ1n) is 8.65. The fourth-order valence-electron chi connectivity index (χ4n) is 3.52. The number of carbonyl (C=O) groups is 1. The van der Waals surface area contributed by atoms with Crippen molar-refractivity contribution in [2.45, 2.75) is 25.7 Å². The minimum absolute atomic E-state index is 0.0360. The second-order valence-electron chi connectivity index (χ2n) is 6.63. The number of aromatic amines is 1. The van der Waals surface area contributed by atoms with Crippen molar-refractivity contribution in [2.75, 3.05) is 13.1 Å². The van der Waals surface area contributed by atoms with Crippen LogP contribution in [0.25, 0.3) is 11.1 Å². The first kappa shape index (κ1) is 15.7. The fourth-order valence-corrected chi connectivity index (χ4v) is 3.52. The maximum atomic E-state index is 12.6. The van der Waals surface area contributed by atoms with Gasteiger partial charge in [0.1, 0.15) is 0 Å². The highest BCUT2D eigenvalue weighted by Gasteiger charge is 2.29. The maximum absolute atomic E-state index is 12.6. The average Bonchev–Trinajstić information content (AvgIpc) is 3.34. The van der Waals surface area contributed by atoms with Crippen molar-refractivity contribution < 1.29 is 9.21 Å². The molecule has 3 heterocycles. The number of nitrogens with zero attached hydrogens (tertiary/aromatic N) is 2. The van der Waals surface area contributed by atoms with E-state index < -0.39 is 0 Å². The topological polar surface area (TPSA) is 62.1 Å². The second-order valence-corrected chi connectivity index (χ2v) is 6.63. The summed E-state index contributed by atoms with van der Waals surface area (Å²) in [6.45, 7) is 3.53. The lowest BCUT2D eigenvalue weighted by Gasteiger charge is -2.32. The highest BCUT2D eigenvalue weighted by molar-refractivity contribution is 5.91. The first-order chi connectivity index (χ1) is 12.2. The molecule has 5 heteroatoms. The van der Waals surface area contributed by atoms with Gasteiger partial charge in [-0.2, -0.15) is 5.10 Å². The zero-order valence-corrected chi connectivity index (χ0v) is 14.2. The molecule has 0 bridgehead atoms. The summed E-state index contributed by atoms with van der Waals surface area (Å²) in [6.07, 6.45) is 5.44. The van der Waals surface area contributed by atoms with Gasteiger partial charge in [-0.25, -0.2) is 0 Å². The SMILES string of the molecule is Cc1ccc(-c2cn[nH]c2[C@@H]2CCCN(C(=O)c3ccco3)C2)cc1. The molecule has 5 nitrogen and oxygen atoms in total. The van der Waals surface area contributed by atoms with E-state index in [0.29, 0.717) is 12.3 Å². The van der Waals surface area contributed by atoms with E-state index in [1.54, 1.807) is 18.4 Å². The Balaban J connectivity index is 1.57. The van der Waals surface area contributed by atoms with Gasteiger partial charge < -0.3 is 9.32 Å². The third kappa shape index (κ3) is 3.09. The van der Waals surface area contributed by atoms with E-state index in [0.717, 1.165) is 36.2 Å². The molecular weight excluding hydrogens is 314 g/mol. The highest BCUT2D eigenvalue weighted by atomic mass is 16.3. The van der Waals surface area contributed by atoms with Crippen molar-refractivity contribution in [3.8, 4) is 11.1 Å². The van der Waals surface area contributed by atoms with Crippen molar-refractivity contribution in [1.82, 2.24) is 15.1 Å². The Morgan fingerprint density at radius 1 is 1.28 bits per heavy atom. The minimum atomic E-state index is -0.0360. The molecule has 1 aliphatic rings. The molecular formula is C20H21N3O2. The highest BCUT2D eigenvalue weighted by Crippen LogP contribution is 2.33. The van der Waals surface area contributed by atoms with E-state index >= 15 is 0 Å². The van der Waals surface area contributed by atoms with Crippen LogP contribution >= 0.6 is 0 Å². The van der Waals surface area contributed by atoms with Crippen molar-refractivity contribution in [3.63, 3.8) is 0 Å². The molecule has 25 heavy (non-hydrogen) atoms. The summed E-state index contributed by atoms with van der Waals surface area (Å²) in [4.78, 5) is 14.5. The van der Waals surface area contributed by atoms with E-state index in [-0.39, 0.29) is 11.8 Å². The van der Waals surface area contributed by atoms with E-state index in [2.05, 4.69) is 41.4 Å². The number of H-pyrrole nitrogens is 1. The first-order valence-corrected chi connectivity index (χ1v) is 8.65.